The predicted molar refractivity (Wildman–Crippen MR) is 98.8 cm³/mol. The molecule has 9 heteroatoms. The third-order valence-electron chi connectivity index (χ3n) is 5.38. The van der Waals surface area contributed by atoms with E-state index < -0.39 is 0 Å². The molecule has 2 aromatic rings. The van der Waals surface area contributed by atoms with Crippen LogP contribution < -0.4 is 10.6 Å². The zero-order valence-corrected chi connectivity index (χ0v) is 15.3. The number of anilines is 2. The number of hydrogen-bond donors (Lipinski definition) is 3. The molecule has 0 saturated carbocycles. The molecule has 0 aromatic carbocycles. The van der Waals surface area contributed by atoms with Gasteiger partial charge < -0.3 is 25.5 Å². The largest absolute Gasteiger partial charge is 0.396 e. The lowest BCUT2D eigenvalue weighted by atomic mass is 9.96. The van der Waals surface area contributed by atoms with Gasteiger partial charge >= 0.3 is 0 Å². The first kappa shape index (κ1) is 17.4. The number of aromatic nitrogens is 4. The highest BCUT2D eigenvalue weighted by Crippen LogP contribution is 2.31. The molecule has 2 aliphatic heterocycles. The number of nitrogen functional groups attached to an aromatic ring is 1. The Bertz CT molecular complexity index is 757. The maximum absolute atomic E-state index is 9.91. The highest BCUT2D eigenvalue weighted by atomic mass is 16.5. The van der Waals surface area contributed by atoms with Crippen LogP contribution in [0.15, 0.2) is 6.33 Å². The standard InChI is InChI=1S/C17H27N7O2/c1-10-3-23(4-11(2)26-10)5-12-6-24(7-13(12)8-25)16-14-15(20-9-19-14)21-17(18)22-16/h9-13,25H,3-8H2,1-2H3,(H3,18,19,20,21,22)/t10-,11+,12-,13-/m0/s1. The lowest BCUT2D eigenvalue weighted by Crippen LogP contribution is -2.48. The van der Waals surface area contributed by atoms with Crippen LogP contribution in [0.1, 0.15) is 13.8 Å². The quantitative estimate of drug-likeness (QED) is 0.701. The second kappa shape index (κ2) is 6.98. The number of imidazole rings is 1. The average molecular weight is 361 g/mol. The molecule has 2 fully saturated rings. The Morgan fingerprint density at radius 2 is 1.92 bits per heavy atom. The fourth-order valence-electron chi connectivity index (χ4n) is 4.35. The second-order valence-corrected chi connectivity index (χ2v) is 7.59. The van der Waals surface area contributed by atoms with Gasteiger partial charge in [0.2, 0.25) is 5.95 Å². The topological polar surface area (TPSA) is 116 Å². The van der Waals surface area contributed by atoms with E-state index in [2.05, 4.69) is 43.6 Å². The van der Waals surface area contributed by atoms with Crippen molar-refractivity contribution in [1.29, 1.82) is 0 Å². The first-order valence-electron chi connectivity index (χ1n) is 9.23. The van der Waals surface area contributed by atoms with Crippen LogP contribution in [-0.4, -0.2) is 81.5 Å². The maximum Gasteiger partial charge on any atom is 0.224 e. The van der Waals surface area contributed by atoms with Gasteiger partial charge in [-0.2, -0.15) is 9.97 Å². The first-order valence-corrected chi connectivity index (χ1v) is 9.23. The number of H-pyrrole nitrogens is 1. The van der Waals surface area contributed by atoms with Crippen molar-refractivity contribution in [2.75, 3.05) is 50.0 Å². The van der Waals surface area contributed by atoms with E-state index in [1.807, 2.05) is 0 Å². The molecular formula is C17H27N7O2. The van der Waals surface area contributed by atoms with Crippen LogP contribution in [-0.2, 0) is 4.74 Å². The molecular weight excluding hydrogens is 334 g/mol. The van der Waals surface area contributed by atoms with Crippen molar-refractivity contribution in [3.8, 4) is 0 Å². The molecule has 26 heavy (non-hydrogen) atoms. The van der Waals surface area contributed by atoms with Crippen LogP contribution >= 0.6 is 0 Å². The molecule has 0 unspecified atom stereocenters. The van der Waals surface area contributed by atoms with Crippen LogP contribution in [0.4, 0.5) is 11.8 Å². The lowest BCUT2D eigenvalue weighted by Gasteiger charge is -2.37. The number of morpholine rings is 1. The summed E-state index contributed by atoms with van der Waals surface area (Å²) in [6, 6.07) is 0. The molecule has 4 rings (SSSR count). The minimum Gasteiger partial charge on any atom is -0.396 e. The molecule has 4 atom stereocenters. The fourth-order valence-corrected chi connectivity index (χ4v) is 4.35. The first-order chi connectivity index (χ1) is 12.5. The molecule has 0 aliphatic carbocycles. The molecule has 4 N–H and O–H groups in total. The Labute approximate surface area is 152 Å². The van der Waals surface area contributed by atoms with Gasteiger partial charge in [-0.15, -0.1) is 0 Å². The van der Waals surface area contributed by atoms with E-state index in [9.17, 15) is 5.11 Å². The molecule has 0 bridgehead atoms. The smallest absolute Gasteiger partial charge is 0.224 e. The average Bonchev–Trinajstić information content (AvgIpc) is 3.19. The van der Waals surface area contributed by atoms with E-state index in [1.54, 1.807) is 6.33 Å². The second-order valence-electron chi connectivity index (χ2n) is 7.59. The SMILES string of the molecule is C[C@@H]1CN(C[C@H]2CN(c3nc(N)nc4nc[nH]c34)C[C@H]2CO)C[C@H](C)O1. The number of nitrogens with zero attached hydrogens (tertiary/aromatic N) is 5. The van der Waals surface area contributed by atoms with Crippen LogP contribution in [0.25, 0.3) is 11.2 Å². The predicted octanol–water partition coefficient (Wildman–Crippen LogP) is 0.0890. The molecule has 142 valence electrons. The van der Waals surface area contributed by atoms with E-state index >= 15 is 0 Å². The molecule has 2 aliphatic rings. The Morgan fingerprint density at radius 3 is 2.65 bits per heavy atom. The summed E-state index contributed by atoms with van der Waals surface area (Å²) < 4.78 is 5.83. The van der Waals surface area contributed by atoms with Crippen LogP contribution in [0.5, 0.6) is 0 Å². The lowest BCUT2D eigenvalue weighted by molar-refractivity contribution is -0.0725. The van der Waals surface area contributed by atoms with Gasteiger partial charge in [0.25, 0.3) is 0 Å². The van der Waals surface area contributed by atoms with Crippen molar-refractivity contribution in [2.45, 2.75) is 26.1 Å². The number of aromatic amines is 1. The number of nitrogens with two attached hydrogens (primary N) is 1. The van der Waals surface area contributed by atoms with Crippen LogP contribution in [0.2, 0.25) is 0 Å². The van der Waals surface area contributed by atoms with Crippen molar-refractivity contribution < 1.29 is 9.84 Å². The fraction of sp³-hybridized carbons (Fsp3) is 0.706. The number of ether oxygens (including phenoxy) is 1. The van der Waals surface area contributed by atoms with Crippen molar-refractivity contribution in [3.63, 3.8) is 0 Å². The summed E-state index contributed by atoms with van der Waals surface area (Å²) in [5, 5.41) is 9.91. The van der Waals surface area contributed by atoms with Gasteiger partial charge in [0.15, 0.2) is 11.5 Å². The summed E-state index contributed by atoms with van der Waals surface area (Å²) in [6.07, 6.45) is 2.10. The highest BCUT2D eigenvalue weighted by Gasteiger charge is 2.36. The third kappa shape index (κ3) is 3.34. The van der Waals surface area contributed by atoms with E-state index in [1.165, 1.54) is 0 Å². The Hall–Kier alpha value is -1.97. The van der Waals surface area contributed by atoms with Crippen molar-refractivity contribution >= 4 is 22.9 Å². The summed E-state index contributed by atoms with van der Waals surface area (Å²) >= 11 is 0. The Morgan fingerprint density at radius 1 is 1.19 bits per heavy atom. The molecule has 4 heterocycles. The minimum absolute atomic E-state index is 0.170. The molecule has 2 aromatic heterocycles. The number of fused-ring (bicyclic) bond motifs is 1. The Balaban J connectivity index is 1.52. The van der Waals surface area contributed by atoms with Crippen LogP contribution in [0, 0.1) is 11.8 Å². The summed E-state index contributed by atoms with van der Waals surface area (Å²) in [7, 11) is 0. The van der Waals surface area contributed by atoms with Gasteiger partial charge in [-0.1, -0.05) is 0 Å². The maximum atomic E-state index is 9.91. The molecule has 0 radical (unpaired) electrons. The molecule has 0 spiro atoms. The zero-order valence-electron chi connectivity index (χ0n) is 15.3. The van der Waals surface area contributed by atoms with Gasteiger partial charge in [0, 0.05) is 45.2 Å². The van der Waals surface area contributed by atoms with Gasteiger partial charge in [0.1, 0.15) is 5.52 Å². The number of nitrogens with one attached hydrogen (secondary N) is 1. The molecule has 0 amide bonds. The summed E-state index contributed by atoms with van der Waals surface area (Å²) in [5.74, 6) is 1.57. The van der Waals surface area contributed by atoms with Crippen molar-refractivity contribution in [1.82, 2.24) is 24.8 Å². The number of rotatable bonds is 4. The molecule has 2 saturated heterocycles. The minimum atomic E-state index is 0.170. The van der Waals surface area contributed by atoms with E-state index in [0.29, 0.717) is 11.6 Å². The van der Waals surface area contributed by atoms with Gasteiger partial charge in [-0.05, 0) is 19.8 Å². The third-order valence-corrected chi connectivity index (χ3v) is 5.38. The summed E-state index contributed by atoms with van der Waals surface area (Å²) in [4.78, 5) is 20.5. The van der Waals surface area contributed by atoms with Crippen molar-refractivity contribution in [2.24, 2.45) is 11.8 Å². The summed E-state index contributed by atoms with van der Waals surface area (Å²) in [6.45, 7) is 8.80. The Kier molecular flexibility index (Phi) is 4.68. The summed E-state index contributed by atoms with van der Waals surface area (Å²) in [5.41, 5.74) is 7.23. The van der Waals surface area contributed by atoms with Crippen molar-refractivity contribution in [3.05, 3.63) is 6.33 Å². The molecule has 9 nitrogen and oxygen atoms in total. The number of aliphatic hydroxyl groups is 1. The van der Waals surface area contributed by atoms with E-state index in [0.717, 1.165) is 44.1 Å². The van der Waals surface area contributed by atoms with E-state index in [-0.39, 0.29) is 30.7 Å². The van der Waals surface area contributed by atoms with E-state index in [4.69, 9.17) is 10.5 Å². The highest BCUT2D eigenvalue weighted by molar-refractivity contribution is 5.84. The number of hydrogen-bond acceptors (Lipinski definition) is 8. The van der Waals surface area contributed by atoms with Crippen LogP contribution in [0.3, 0.4) is 0 Å². The monoisotopic (exact) mass is 361 g/mol. The zero-order chi connectivity index (χ0) is 18.3. The van der Waals surface area contributed by atoms with Gasteiger partial charge in [-0.25, -0.2) is 4.98 Å². The normalized spacial score (nSPS) is 30.3. The number of aliphatic hydroxyl groups excluding tert-OH is 1. The van der Waals surface area contributed by atoms with Gasteiger partial charge in [0.05, 0.1) is 18.5 Å². The van der Waals surface area contributed by atoms with Gasteiger partial charge in [-0.3, -0.25) is 4.90 Å².